The van der Waals surface area contributed by atoms with Crippen LogP contribution in [0.5, 0.6) is 0 Å². The molecule has 15 heavy (non-hydrogen) atoms. The minimum absolute atomic E-state index is 0.0758. The van der Waals surface area contributed by atoms with Crippen LogP contribution in [0.2, 0.25) is 0 Å². The van der Waals surface area contributed by atoms with E-state index in [-0.39, 0.29) is 11.9 Å². The Balaban J connectivity index is 2.03. The van der Waals surface area contributed by atoms with Crippen LogP contribution >= 0.6 is 0 Å². The van der Waals surface area contributed by atoms with Gasteiger partial charge in [-0.25, -0.2) is 0 Å². The van der Waals surface area contributed by atoms with E-state index in [1.807, 2.05) is 18.7 Å². The first-order chi connectivity index (χ1) is 7.09. The highest BCUT2D eigenvalue weighted by atomic mass is 16.2. The van der Waals surface area contributed by atoms with Crippen LogP contribution < -0.4 is 0 Å². The van der Waals surface area contributed by atoms with Gasteiger partial charge in [-0.15, -0.1) is 0 Å². The SMILES string of the molecule is CC(C)N(CC1CC1)C(=O)C1(C#N)CC1. The second-order valence-electron chi connectivity index (χ2n) is 5.19. The third-order valence-corrected chi connectivity index (χ3v) is 3.41. The van der Waals surface area contributed by atoms with Gasteiger partial charge < -0.3 is 4.90 Å². The normalized spacial score (nSPS) is 22.3. The van der Waals surface area contributed by atoms with Gasteiger partial charge in [0.15, 0.2) is 0 Å². The van der Waals surface area contributed by atoms with Gasteiger partial charge >= 0.3 is 0 Å². The predicted molar refractivity (Wildman–Crippen MR) is 56.9 cm³/mol. The van der Waals surface area contributed by atoms with Gasteiger partial charge in [-0.05, 0) is 45.4 Å². The van der Waals surface area contributed by atoms with E-state index >= 15 is 0 Å². The summed E-state index contributed by atoms with van der Waals surface area (Å²) in [6, 6.07) is 2.42. The molecule has 0 saturated heterocycles. The minimum Gasteiger partial charge on any atom is -0.339 e. The van der Waals surface area contributed by atoms with Crippen molar-refractivity contribution in [3.63, 3.8) is 0 Å². The molecule has 3 heteroatoms. The number of carbonyl (C=O) groups excluding carboxylic acids is 1. The molecule has 0 heterocycles. The molecule has 0 aliphatic heterocycles. The molecular weight excluding hydrogens is 188 g/mol. The summed E-state index contributed by atoms with van der Waals surface area (Å²) in [5, 5.41) is 9.01. The number of carbonyl (C=O) groups is 1. The monoisotopic (exact) mass is 206 g/mol. The van der Waals surface area contributed by atoms with Gasteiger partial charge in [0.1, 0.15) is 5.41 Å². The average molecular weight is 206 g/mol. The largest absolute Gasteiger partial charge is 0.339 e. The summed E-state index contributed by atoms with van der Waals surface area (Å²) >= 11 is 0. The van der Waals surface area contributed by atoms with E-state index < -0.39 is 5.41 Å². The van der Waals surface area contributed by atoms with Gasteiger partial charge in [-0.1, -0.05) is 0 Å². The minimum atomic E-state index is -0.640. The van der Waals surface area contributed by atoms with E-state index in [1.165, 1.54) is 12.8 Å². The fraction of sp³-hybridized carbons (Fsp3) is 0.833. The highest BCUT2D eigenvalue weighted by Gasteiger charge is 2.53. The summed E-state index contributed by atoms with van der Waals surface area (Å²) in [6.45, 7) is 4.93. The smallest absolute Gasteiger partial charge is 0.243 e. The molecule has 0 aromatic heterocycles. The van der Waals surface area contributed by atoms with Crippen LogP contribution in [-0.4, -0.2) is 23.4 Å². The van der Waals surface area contributed by atoms with Crippen LogP contribution in [0.1, 0.15) is 39.5 Å². The molecule has 0 unspecified atom stereocenters. The maximum absolute atomic E-state index is 12.2. The van der Waals surface area contributed by atoms with Crippen LogP contribution in [0.25, 0.3) is 0 Å². The molecular formula is C12H18N2O. The van der Waals surface area contributed by atoms with Crippen molar-refractivity contribution in [2.45, 2.75) is 45.6 Å². The van der Waals surface area contributed by atoms with Crippen LogP contribution in [-0.2, 0) is 4.79 Å². The van der Waals surface area contributed by atoms with Crippen molar-refractivity contribution in [2.24, 2.45) is 11.3 Å². The molecule has 2 fully saturated rings. The summed E-state index contributed by atoms with van der Waals surface area (Å²) in [6.07, 6.45) is 4.01. The molecule has 1 amide bonds. The second kappa shape index (κ2) is 3.52. The van der Waals surface area contributed by atoms with E-state index in [1.54, 1.807) is 0 Å². The third kappa shape index (κ3) is 1.99. The van der Waals surface area contributed by atoms with Crippen molar-refractivity contribution >= 4 is 5.91 Å². The number of rotatable bonds is 4. The molecule has 2 saturated carbocycles. The summed E-state index contributed by atoms with van der Waals surface area (Å²) in [7, 11) is 0. The maximum atomic E-state index is 12.2. The molecule has 0 radical (unpaired) electrons. The lowest BCUT2D eigenvalue weighted by Gasteiger charge is -2.28. The molecule has 0 atom stereocenters. The summed E-state index contributed by atoms with van der Waals surface area (Å²) in [5.41, 5.74) is -0.640. The Hall–Kier alpha value is -1.04. The average Bonchev–Trinajstić information content (AvgIpc) is 3.07. The first-order valence-corrected chi connectivity index (χ1v) is 5.81. The Morgan fingerprint density at radius 1 is 1.53 bits per heavy atom. The van der Waals surface area contributed by atoms with E-state index in [2.05, 4.69) is 6.07 Å². The fourth-order valence-corrected chi connectivity index (χ4v) is 1.88. The lowest BCUT2D eigenvalue weighted by Crippen LogP contribution is -2.42. The Bertz CT molecular complexity index is 308. The first-order valence-electron chi connectivity index (χ1n) is 5.81. The summed E-state index contributed by atoms with van der Waals surface area (Å²) in [5.74, 6) is 0.776. The predicted octanol–water partition coefficient (Wildman–Crippen LogP) is 1.94. The topological polar surface area (TPSA) is 44.1 Å². The third-order valence-electron chi connectivity index (χ3n) is 3.41. The zero-order valence-electron chi connectivity index (χ0n) is 9.49. The van der Waals surface area contributed by atoms with Gasteiger partial charge in [0.2, 0.25) is 5.91 Å². The number of nitriles is 1. The van der Waals surface area contributed by atoms with Crippen molar-refractivity contribution in [1.29, 1.82) is 5.26 Å². The van der Waals surface area contributed by atoms with Crippen LogP contribution in [0.4, 0.5) is 0 Å². The molecule has 0 spiro atoms. The molecule has 0 aromatic carbocycles. The van der Waals surface area contributed by atoms with Crippen molar-refractivity contribution < 1.29 is 4.79 Å². The Morgan fingerprint density at radius 3 is 2.47 bits per heavy atom. The molecule has 2 aliphatic rings. The van der Waals surface area contributed by atoms with E-state index in [4.69, 9.17) is 5.26 Å². The van der Waals surface area contributed by atoms with Gasteiger partial charge in [-0.2, -0.15) is 5.26 Å². The van der Waals surface area contributed by atoms with Gasteiger partial charge in [0.05, 0.1) is 6.07 Å². The van der Waals surface area contributed by atoms with Gasteiger partial charge in [-0.3, -0.25) is 4.79 Å². The standard InChI is InChI=1S/C12H18N2O/c1-9(2)14(7-10-3-4-10)11(15)12(8-13)5-6-12/h9-10H,3-7H2,1-2H3. The highest BCUT2D eigenvalue weighted by Crippen LogP contribution is 2.47. The quantitative estimate of drug-likeness (QED) is 0.705. The first kappa shape index (κ1) is 10.5. The molecule has 0 aromatic rings. The maximum Gasteiger partial charge on any atom is 0.243 e. The summed E-state index contributed by atoms with van der Waals surface area (Å²) < 4.78 is 0. The fourth-order valence-electron chi connectivity index (χ4n) is 1.88. The molecule has 0 N–H and O–H groups in total. The van der Waals surface area contributed by atoms with Crippen molar-refractivity contribution in [2.75, 3.05) is 6.54 Å². The van der Waals surface area contributed by atoms with Gasteiger partial charge in [0, 0.05) is 12.6 Å². The number of hydrogen-bond acceptors (Lipinski definition) is 2. The highest BCUT2D eigenvalue weighted by molar-refractivity contribution is 5.88. The lowest BCUT2D eigenvalue weighted by atomic mass is 10.1. The zero-order valence-corrected chi connectivity index (χ0v) is 9.49. The molecule has 82 valence electrons. The van der Waals surface area contributed by atoms with E-state index in [0.29, 0.717) is 5.92 Å². The number of amides is 1. The van der Waals surface area contributed by atoms with Crippen molar-refractivity contribution in [3.8, 4) is 6.07 Å². The van der Waals surface area contributed by atoms with Crippen molar-refractivity contribution in [3.05, 3.63) is 0 Å². The van der Waals surface area contributed by atoms with E-state index in [9.17, 15) is 4.79 Å². The van der Waals surface area contributed by atoms with Crippen LogP contribution in [0, 0.1) is 22.7 Å². The second-order valence-corrected chi connectivity index (χ2v) is 5.19. The number of nitrogens with zero attached hydrogens (tertiary/aromatic N) is 2. The van der Waals surface area contributed by atoms with Crippen LogP contribution in [0.3, 0.4) is 0 Å². The Kier molecular flexibility index (Phi) is 2.46. The van der Waals surface area contributed by atoms with Gasteiger partial charge in [0.25, 0.3) is 0 Å². The van der Waals surface area contributed by atoms with Crippen molar-refractivity contribution in [1.82, 2.24) is 4.90 Å². The molecule has 0 bridgehead atoms. The zero-order chi connectivity index (χ0) is 11.1. The van der Waals surface area contributed by atoms with Crippen LogP contribution in [0.15, 0.2) is 0 Å². The molecule has 2 aliphatic carbocycles. The number of hydrogen-bond donors (Lipinski definition) is 0. The Labute approximate surface area is 91.1 Å². The lowest BCUT2D eigenvalue weighted by molar-refractivity contribution is -0.137. The van der Waals surface area contributed by atoms with E-state index in [0.717, 1.165) is 19.4 Å². The molecule has 3 nitrogen and oxygen atoms in total. The molecule has 2 rings (SSSR count). The summed E-state index contributed by atoms with van der Waals surface area (Å²) in [4.78, 5) is 14.1. The Morgan fingerprint density at radius 2 is 2.13 bits per heavy atom.